The summed E-state index contributed by atoms with van der Waals surface area (Å²) in [4.78, 5) is 23.1. The van der Waals surface area contributed by atoms with Gasteiger partial charge in [-0.3, -0.25) is 9.59 Å². The Morgan fingerprint density at radius 3 is 2.46 bits per heavy atom. The van der Waals surface area contributed by atoms with Crippen LogP contribution in [0, 0.1) is 6.92 Å². The summed E-state index contributed by atoms with van der Waals surface area (Å²) in [7, 11) is 2.94. The van der Waals surface area contributed by atoms with Crippen LogP contribution in [-0.2, 0) is 4.79 Å². The zero-order valence-corrected chi connectivity index (χ0v) is 13.5. The average Bonchev–Trinajstić information content (AvgIpc) is 2.55. The second-order valence-electron chi connectivity index (χ2n) is 5.20. The zero-order valence-electron chi connectivity index (χ0n) is 13.5. The first-order valence-corrected chi connectivity index (χ1v) is 7.14. The first-order valence-electron chi connectivity index (χ1n) is 7.14. The molecule has 1 aromatic heterocycles. The third-order valence-corrected chi connectivity index (χ3v) is 3.58. The predicted octanol–water partition coefficient (Wildman–Crippen LogP) is 2.28. The second-order valence-corrected chi connectivity index (χ2v) is 5.20. The van der Waals surface area contributed by atoms with E-state index < -0.39 is 23.1 Å². The van der Waals surface area contributed by atoms with Gasteiger partial charge in [0.25, 0.3) is 0 Å². The fraction of sp³-hybridized carbons (Fsp3) is 0.294. The van der Waals surface area contributed by atoms with Gasteiger partial charge in [-0.15, -0.1) is 0 Å². The number of methoxy groups -OCH3 is 2. The molecule has 2 aromatic rings. The molecule has 24 heavy (non-hydrogen) atoms. The standard InChI is InChI=1S/C17H18O7/c1-9-6-12(18)16(21)17(24-9)11(8-15(19)20)10-4-5-13(22-2)14(7-10)23-3/h4-7,11,21H,8H2,1-3H3,(H,19,20). The van der Waals surface area contributed by atoms with Crippen molar-refractivity contribution in [2.45, 2.75) is 19.3 Å². The lowest BCUT2D eigenvalue weighted by Gasteiger charge is -2.18. The molecular formula is C17H18O7. The van der Waals surface area contributed by atoms with Gasteiger partial charge in [-0.1, -0.05) is 6.07 Å². The molecule has 7 heteroatoms. The molecule has 128 valence electrons. The quantitative estimate of drug-likeness (QED) is 0.834. The van der Waals surface area contributed by atoms with Crippen LogP contribution < -0.4 is 14.9 Å². The van der Waals surface area contributed by atoms with Crippen molar-refractivity contribution in [1.82, 2.24) is 0 Å². The molecule has 0 aliphatic rings. The van der Waals surface area contributed by atoms with E-state index in [1.807, 2.05) is 0 Å². The highest BCUT2D eigenvalue weighted by Gasteiger charge is 2.26. The van der Waals surface area contributed by atoms with E-state index in [2.05, 4.69) is 0 Å². The van der Waals surface area contributed by atoms with Gasteiger partial charge in [-0.25, -0.2) is 0 Å². The molecule has 0 bridgehead atoms. The molecule has 0 radical (unpaired) electrons. The molecule has 0 aliphatic carbocycles. The largest absolute Gasteiger partial charge is 0.502 e. The van der Waals surface area contributed by atoms with E-state index in [0.29, 0.717) is 17.1 Å². The molecule has 0 fully saturated rings. The van der Waals surface area contributed by atoms with E-state index in [4.69, 9.17) is 13.9 Å². The molecule has 0 saturated heterocycles. The van der Waals surface area contributed by atoms with Crippen LogP contribution in [0.4, 0.5) is 0 Å². The van der Waals surface area contributed by atoms with Crippen LogP contribution in [0.25, 0.3) is 0 Å². The summed E-state index contributed by atoms with van der Waals surface area (Å²) < 4.78 is 15.8. The monoisotopic (exact) mass is 334 g/mol. The fourth-order valence-electron chi connectivity index (χ4n) is 2.47. The Hall–Kier alpha value is -2.96. The number of hydrogen-bond donors (Lipinski definition) is 2. The van der Waals surface area contributed by atoms with Gasteiger partial charge in [0.15, 0.2) is 17.3 Å². The van der Waals surface area contributed by atoms with Gasteiger partial charge in [-0.05, 0) is 24.6 Å². The summed E-state index contributed by atoms with van der Waals surface area (Å²) in [5.41, 5.74) is -0.108. The minimum atomic E-state index is -1.10. The van der Waals surface area contributed by atoms with Crippen LogP contribution in [0.2, 0.25) is 0 Å². The van der Waals surface area contributed by atoms with Gasteiger partial charge in [0.05, 0.1) is 26.6 Å². The summed E-state index contributed by atoms with van der Waals surface area (Å²) in [6.07, 6.45) is -0.366. The van der Waals surface area contributed by atoms with E-state index in [1.54, 1.807) is 25.1 Å². The number of rotatable bonds is 6. The maximum atomic E-state index is 11.8. The zero-order chi connectivity index (χ0) is 17.9. The van der Waals surface area contributed by atoms with Crippen molar-refractivity contribution in [2.75, 3.05) is 14.2 Å². The van der Waals surface area contributed by atoms with Crippen molar-refractivity contribution >= 4 is 5.97 Å². The molecule has 1 heterocycles. The summed E-state index contributed by atoms with van der Waals surface area (Å²) in [6.45, 7) is 1.55. The molecule has 1 atom stereocenters. The lowest BCUT2D eigenvalue weighted by molar-refractivity contribution is -0.137. The molecule has 0 saturated carbocycles. The third-order valence-electron chi connectivity index (χ3n) is 3.58. The summed E-state index contributed by atoms with van der Waals surface area (Å²) in [5.74, 6) is -1.47. The Kier molecular flexibility index (Phi) is 5.13. The number of benzene rings is 1. The average molecular weight is 334 g/mol. The van der Waals surface area contributed by atoms with Crippen molar-refractivity contribution < 1.29 is 28.9 Å². The first kappa shape index (κ1) is 17.4. The Morgan fingerprint density at radius 1 is 1.21 bits per heavy atom. The van der Waals surface area contributed by atoms with Crippen molar-refractivity contribution in [3.05, 3.63) is 51.6 Å². The van der Waals surface area contributed by atoms with Gasteiger partial charge in [0.1, 0.15) is 5.76 Å². The number of carboxylic acids is 1. The van der Waals surface area contributed by atoms with Crippen LogP contribution in [0.5, 0.6) is 17.2 Å². The number of carbonyl (C=O) groups is 1. The van der Waals surface area contributed by atoms with Crippen molar-refractivity contribution in [2.24, 2.45) is 0 Å². The van der Waals surface area contributed by atoms with Crippen molar-refractivity contribution in [1.29, 1.82) is 0 Å². The topological polar surface area (TPSA) is 106 Å². The van der Waals surface area contributed by atoms with E-state index in [1.165, 1.54) is 14.2 Å². The number of carboxylic acid groups (broad SMARTS) is 1. The number of hydrogen-bond acceptors (Lipinski definition) is 6. The highest BCUT2D eigenvalue weighted by molar-refractivity contribution is 5.69. The Morgan fingerprint density at radius 2 is 1.88 bits per heavy atom. The van der Waals surface area contributed by atoms with Gasteiger partial charge < -0.3 is 24.1 Å². The van der Waals surface area contributed by atoms with Crippen molar-refractivity contribution in [3.63, 3.8) is 0 Å². The Balaban J connectivity index is 2.62. The molecule has 2 N–H and O–H groups in total. The fourth-order valence-corrected chi connectivity index (χ4v) is 2.47. The van der Waals surface area contributed by atoms with Gasteiger partial charge >= 0.3 is 5.97 Å². The molecule has 7 nitrogen and oxygen atoms in total. The summed E-state index contributed by atoms with van der Waals surface area (Å²) >= 11 is 0. The van der Waals surface area contributed by atoms with Crippen LogP contribution in [0.1, 0.15) is 29.4 Å². The molecule has 1 aromatic carbocycles. The molecule has 2 rings (SSSR count). The number of ether oxygens (including phenoxy) is 2. The smallest absolute Gasteiger partial charge is 0.304 e. The number of aryl methyl sites for hydroxylation is 1. The maximum Gasteiger partial charge on any atom is 0.304 e. The van der Waals surface area contributed by atoms with Crippen molar-refractivity contribution in [3.8, 4) is 17.2 Å². The molecule has 1 unspecified atom stereocenters. The lowest BCUT2D eigenvalue weighted by Crippen LogP contribution is -2.12. The molecular weight excluding hydrogens is 316 g/mol. The predicted molar refractivity (Wildman–Crippen MR) is 85.0 cm³/mol. The molecule has 0 aliphatic heterocycles. The van der Waals surface area contributed by atoms with Gasteiger partial charge in [0.2, 0.25) is 11.2 Å². The Bertz CT molecular complexity index is 807. The van der Waals surface area contributed by atoms with Crippen LogP contribution >= 0.6 is 0 Å². The van der Waals surface area contributed by atoms with Gasteiger partial charge in [0, 0.05) is 6.07 Å². The minimum absolute atomic E-state index is 0.0883. The normalized spacial score (nSPS) is 11.8. The summed E-state index contributed by atoms with van der Waals surface area (Å²) in [5, 5.41) is 19.2. The molecule has 0 amide bonds. The SMILES string of the molecule is COc1ccc(C(CC(=O)O)c2oc(C)cc(=O)c2O)cc1OC. The highest BCUT2D eigenvalue weighted by atomic mass is 16.5. The Labute approximate surface area is 138 Å². The first-order chi connectivity index (χ1) is 11.4. The summed E-state index contributed by atoms with van der Waals surface area (Å²) in [6, 6.07) is 5.99. The third kappa shape index (κ3) is 3.51. The van der Waals surface area contributed by atoms with Gasteiger partial charge in [-0.2, -0.15) is 0 Å². The maximum absolute atomic E-state index is 11.8. The van der Waals surface area contributed by atoms with E-state index in [0.717, 1.165) is 6.07 Å². The minimum Gasteiger partial charge on any atom is -0.502 e. The number of aliphatic carboxylic acids is 1. The lowest BCUT2D eigenvalue weighted by atomic mass is 9.92. The van der Waals surface area contributed by atoms with E-state index >= 15 is 0 Å². The molecule has 0 spiro atoms. The van der Waals surface area contributed by atoms with Crippen LogP contribution in [-0.4, -0.2) is 30.4 Å². The second kappa shape index (κ2) is 7.08. The van der Waals surface area contributed by atoms with E-state index in [-0.39, 0.29) is 17.9 Å². The number of aromatic hydroxyl groups is 1. The highest BCUT2D eigenvalue weighted by Crippen LogP contribution is 2.37. The van der Waals surface area contributed by atoms with Crippen LogP contribution in [0.15, 0.2) is 33.5 Å². The van der Waals surface area contributed by atoms with E-state index in [9.17, 15) is 19.8 Å². The van der Waals surface area contributed by atoms with Crippen LogP contribution in [0.3, 0.4) is 0 Å².